The van der Waals surface area contributed by atoms with E-state index in [0.29, 0.717) is 5.92 Å². The van der Waals surface area contributed by atoms with Gasteiger partial charge in [0.2, 0.25) is 5.69 Å². The molecule has 0 amide bonds. The van der Waals surface area contributed by atoms with Crippen LogP contribution < -0.4 is 4.57 Å². The van der Waals surface area contributed by atoms with Crippen molar-refractivity contribution in [2.75, 3.05) is 0 Å². The summed E-state index contributed by atoms with van der Waals surface area (Å²) in [6.45, 7) is 6.70. The third-order valence-corrected chi connectivity index (χ3v) is 3.28. The van der Waals surface area contributed by atoms with Gasteiger partial charge in [0.25, 0.3) is 0 Å². The molecule has 0 saturated carbocycles. The monoisotopic (exact) mass is 240 g/mol. The number of rotatable bonds is 3. The van der Waals surface area contributed by atoms with Crippen molar-refractivity contribution in [3.05, 3.63) is 53.7 Å². The molecule has 2 rings (SSSR count). The maximum absolute atomic E-state index is 2.32. The number of aryl methyl sites for hydroxylation is 2. The highest BCUT2D eigenvalue weighted by molar-refractivity contribution is 5.61. The molecular formula is C17H22N+. The minimum atomic E-state index is 0.697. The lowest BCUT2D eigenvalue weighted by molar-refractivity contribution is -0.660. The molecule has 0 aliphatic carbocycles. The van der Waals surface area contributed by atoms with Gasteiger partial charge in [0, 0.05) is 17.7 Å². The Morgan fingerprint density at radius 3 is 2.50 bits per heavy atom. The first-order valence-electron chi connectivity index (χ1n) is 6.62. The van der Waals surface area contributed by atoms with E-state index in [1.807, 2.05) is 0 Å². The summed E-state index contributed by atoms with van der Waals surface area (Å²) in [5.74, 6) is 0.697. The van der Waals surface area contributed by atoms with Gasteiger partial charge in [-0.15, -0.1) is 0 Å². The van der Waals surface area contributed by atoms with Crippen molar-refractivity contribution in [1.82, 2.24) is 0 Å². The van der Waals surface area contributed by atoms with E-state index < -0.39 is 0 Å². The zero-order valence-electron chi connectivity index (χ0n) is 11.8. The van der Waals surface area contributed by atoms with Gasteiger partial charge in [0.15, 0.2) is 6.20 Å². The van der Waals surface area contributed by atoms with E-state index in [9.17, 15) is 0 Å². The van der Waals surface area contributed by atoms with Crippen molar-refractivity contribution in [3.63, 3.8) is 0 Å². The average Bonchev–Trinajstić information content (AvgIpc) is 2.32. The second-order valence-electron chi connectivity index (χ2n) is 5.44. The highest BCUT2D eigenvalue weighted by atomic mass is 14.9. The lowest BCUT2D eigenvalue weighted by Gasteiger charge is -2.08. The molecule has 0 atom stereocenters. The number of benzene rings is 1. The number of pyridine rings is 1. The number of nitrogens with zero attached hydrogens (tertiary/aromatic N) is 1. The van der Waals surface area contributed by atoms with Crippen molar-refractivity contribution < 1.29 is 4.57 Å². The molecule has 0 spiro atoms. The third-order valence-electron chi connectivity index (χ3n) is 3.28. The molecule has 0 saturated heterocycles. The lowest BCUT2D eigenvalue weighted by atomic mass is 9.99. The van der Waals surface area contributed by atoms with Gasteiger partial charge in [-0.25, -0.2) is 4.57 Å². The van der Waals surface area contributed by atoms with E-state index in [-0.39, 0.29) is 0 Å². The molecule has 1 aromatic carbocycles. The number of hydrogen-bond donors (Lipinski definition) is 0. The van der Waals surface area contributed by atoms with Crippen molar-refractivity contribution in [1.29, 1.82) is 0 Å². The molecule has 0 aliphatic rings. The molecule has 0 N–H and O–H groups in total. The van der Waals surface area contributed by atoms with E-state index in [1.165, 1.54) is 22.4 Å². The van der Waals surface area contributed by atoms with Gasteiger partial charge < -0.3 is 0 Å². The summed E-state index contributed by atoms with van der Waals surface area (Å²) < 4.78 is 2.20. The summed E-state index contributed by atoms with van der Waals surface area (Å²) in [5.41, 5.74) is 5.37. The number of aromatic nitrogens is 1. The largest absolute Gasteiger partial charge is 0.212 e. The molecule has 0 unspecified atom stereocenters. The quantitative estimate of drug-likeness (QED) is 0.720. The van der Waals surface area contributed by atoms with Gasteiger partial charge in [-0.3, -0.25) is 0 Å². The molecule has 1 aromatic heterocycles. The lowest BCUT2D eigenvalue weighted by Crippen LogP contribution is -2.30. The van der Waals surface area contributed by atoms with Gasteiger partial charge in [0.1, 0.15) is 7.05 Å². The minimum Gasteiger partial charge on any atom is -0.201 e. The van der Waals surface area contributed by atoms with E-state index >= 15 is 0 Å². The van der Waals surface area contributed by atoms with Gasteiger partial charge in [0.05, 0.1) is 0 Å². The second-order valence-corrected chi connectivity index (χ2v) is 5.44. The molecule has 0 radical (unpaired) electrons. The van der Waals surface area contributed by atoms with Gasteiger partial charge >= 0.3 is 0 Å². The molecule has 1 nitrogen and oxygen atoms in total. The first-order chi connectivity index (χ1) is 8.58. The van der Waals surface area contributed by atoms with Crippen LogP contribution in [0.25, 0.3) is 11.3 Å². The summed E-state index contributed by atoms with van der Waals surface area (Å²) in [5, 5.41) is 0. The van der Waals surface area contributed by atoms with Crippen molar-refractivity contribution in [2.45, 2.75) is 27.2 Å². The Hall–Kier alpha value is -1.63. The van der Waals surface area contributed by atoms with Crippen molar-refractivity contribution in [2.24, 2.45) is 13.0 Å². The van der Waals surface area contributed by atoms with Crippen LogP contribution in [0.4, 0.5) is 0 Å². The fourth-order valence-electron chi connectivity index (χ4n) is 2.34. The summed E-state index contributed by atoms with van der Waals surface area (Å²) in [6.07, 6.45) is 3.30. The summed E-state index contributed by atoms with van der Waals surface area (Å²) >= 11 is 0. The van der Waals surface area contributed by atoms with Crippen molar-refractivity contribution >= 4 is 0 Å². The maximum Gasteiger partial charge on any atom is 0.212 e. The predicted molar refractivity (Wildman–Crippen MR) is 76.3 cm³/mol. The summed E-state index contributed by atoms with van der Waals surface area (Å²) in [4.78, 5) is 0. The molecule has 2 aromatic rings. The summed E-state index contributed by atoms with van der Waals surface area (Å²) in [7, 11) is 2.11. The second kappa shape index (κ2) is 5.34. The van der Waals surface area contributed by atoms with Gasteiger partial charge in [-0.05, 0) is 36.5 Å². The predicted octanol–water partition coefficient (Wildman–Crippen LogP) is 3.69. The maximum atomic E-state index is 2.32. The first-order valence-corrected chi connectivity index (χ1v) is 6.62. The Bertz CT molecular complexity index is 541. The summed E-state index contributed by atoms with van der Waals surface area (Å²) in [6, 6.07) is 13.1. The first kappa shape index (κ1) is 12.8. The highest BCUT2D eigenvalue weighted by Gasteiger charge is 2.13. The fourth-order valence-corrected chi connectivity index (χ4v) is 2.34. The van der Waals surface area contributed by atoms with Crippen LogP contribution in [0.2, 0.25) is 0 Å². The molecule has 0 aliphatic heterocycles. The average molecular weight is 240 g/mol. The Labute approximate surface area is 110 Å². The SMILES string of the molecule is Cc1ccccc1-c1cc(CC(C)C)cc[n+]1C. The molecule has 0 bridgehead atoms. The van der Waals surface area contributed by atoms with E-state index in [0.717, 1.165) is 6.42 Å². The van der Waals surface area contributed by atoms with Crippen LogP contribution in [0.1, 0.15) is 25.0 Å². The minimum absolute atomic E-state index is 0.697. The molecule has 94 valence electrons. The molecule has 1 heterocycles. The van der Waals surface area contributed by atoms with Crippen LogP contribution in [-0.4, -0.2) is 0 Å². The van der Waals surface area contributed by atoms with Crippen LogP contribution in [0.5, 0.6) is 0 Å². The normalized spacial score (nSPS) is 10.9. The highest BCUT2D eigenvalue weighted by Crippen LogP contribution is 2.21. The zero-order chi connectivity index (χ0) is 13.1. The van der Waals surface area contributed by atoms with Crippen LogP contribution in [-0.2, 0) is 13.5 Å². The van der Waals surface area contributed by atoms with Crippen LogP contribution in [0.15, 0.2) is 42.6 Å². The molecule has 18 heavy (non-hydrogen) atoms. The van der Waals surface area contributed by atoms with Gasteiger partial charge in [-0.2, -0.15) is 0 Å². The van der Waals surface area contributed by atoms with Gasteiger partial charge in [-0.1, -0.05) is 32.0 Å². The third kappa shape index (κ3) is 2.79. The number of hydrogen-bond acceptors (Lipinski definition) is 0. The fraction of sp³-hybridized carbons (Fsp3) is 0.353. The van der Waals surface area contributed by atoms with Crippen molar-refractivity contribution in [3.8, 4) is 11.3 Å². The Morgan fingerprint density at radius 2 is 1.83 bits per heavy atom. The molecule has 0 fully saturated rings. The Kier molecular flexibility index (Phi) is 3.81. The van der Waals surface area contributed by atoms with Crippen LogP contribution in [0, 0.1) is 12.8 Å². The molecular weight excluding hydrogens is 218 g/mol. The van der Waals surface area contributed by atoms with E-state index in [4.69, 9.17) is 0 Å². The van der Waals surface area contributed by atoms with Crippen LogP contribution in [0.3, 0.4) is 0 Å². The van der Waals surface area contributed by atoms with E-state index in [2.05, 4.69) is 75.0 Å². The zero-order valence-corrected chi connectivity index (χ0v) is 11.8. The Morgan fingerprint density at radius 1 is 1.11 bits per heavy atom. The molecule has 1 heteroatoms. The smallest absolute Gasteiger partial charge is 0.201 e. The van der Waals surface area contributed by atoms with E-state index in [1.54, 1.807) is 0 Å². The van der Waals surface area contributed by atoms with Crippen LogP contribution >= 0.6 is 0 Å². The standard InChI is InChI=1S/C17H22N/c1-13(2)11-15-9-10-18(4)17(12-15)16-8-6-5-7-14(16)3/h5-10,12-13H,11H2,1-4H3/q+1. The Balaban J connectivity index is 2.47. The topological polar surface area (TPSA) is 3.88 Å².